The first kappa shape index (κ1) is 15.6. The fourth-order valence-electron chi connectivity index (χ4n) is 2.71. The van der Waals surface area contributed by atoms with E-state index < -0.39 is 11.7 Å². The molecule has 0 atom stereocenters. The largest absolute Gasteiger partial charge is 0.418 e. The summed E-state index contributed by atoms with van der Waals surface area (Å²) in [7, 11) is 0. The second-order valence-electron chi connectivity index (χ2n) is 5.41. The maximum Gasteiger partial charge on any atom is 0.418 e. The maximum absolute atomic E-state index is 13.0. The maximum atomic E-state index is 13.0. The monoisotopic (exact) mass is 351 g/mol. The van der Waals surface area contributed by atoms with Crippen molar-refractivity contribution in [1.29, 1.82) is 0 Å². The molecule has 0 radical (unpaired) electrons. The highest BCUT2D eigenvalue weighted by molar-refractivity contribution is 9.10. The van der Waals surface area contributed by atoms with Gasteiger partial charge in [0.15, 0.2) is 0 Å². The molecule has 2 N–H and O–H groups in total. The molecule has 0 aromatic heterocycles. The summed E-state index contributed by atoms with van der Waals surface area (Å²) in [5.41, 5.74) is -0.899. The third-order valence-electron chi connectivity index (χ3n) is 3.94. The van der Waals surface area contributed by atoms with Gasteiger partial charge in [0.25, 0.3) is 0 Å². The van der Waals surface area contributed by atoms with Gasteiger partial charge in [0.1, 0.15) is 0 Å². The van der Waals surface area contributed by atoms with Crippen LogP contribution in [0.4, 0.5) is 18.9 Å². The SMILES string of the molecule is OCC1(CNc2cc(Br)ccc2C(F)(F)F)CCCC1. The van der Waals surface area contributed by atoms with Crippen molar-refractivity contribution in [3.05, 3.63) is 28.2 Å². The van der Waals surface area contributed by atoms with Crippen molar-refractivity contribution >= 4 is 21.6 Å². The van der Waals surface area contributed by atoms with E-state index in [1.807, 2.05) is 0 Å². The molecule has 0 spiro atoms. The first-order valence-corrected chi connectivity index (χ1v) is 7.37. The summed E-state index contributed by atoms with van der Waals surface area (Å²) < 4.78 is 39.5. The number of aliphatic hydroxyl groups excluding tert-OH is 1. The number of hydrogen-bond acceptors (Lipinski definition) is 2. The zero-order valence-electron chi connectivity index (χ0n) is 10.9. The Morgan fingerprint density at radius 1 is 1.25 bits per heavy atom. The number of anilines is 1. The fourth-order valence-corrected chi connectivity index (χ4v) is 3.07. The van der Waals surface area contributed by atoms with E-state index in [1.165, 1.54) is 12.1 Å². The second kappa shape index (κ2) is 5.93. The fraction of sp³-hybridized carbons (Fsp3) is 0.571. The van der Waals surface area contributed by atoms with Crippen LogP contribution in [0.2, 0.25) is 0 Å². The molecule has 1 aromatic carbocycles. The summed E-state index contributed by atoms with van der Waals surface area (Å²) in [4.78, 5) is 0. The zero-order valence-corrected chi connectivity index (χ0v) is 12.5. The topological polar surface area (TPSA) is 32.3 Å². The van der Waals surface area contributed by atoms with Crippen LogP contribution in [0.15, 0.2) is 22.7 Å². The summed E-state index contributed by atoms with van der Waals surface area (Å²) >= 11 is 3.19. The molecular weight excluding hydrogens is 335 g/mol. The average molecular weight is 352 g/mol. The van der Waals surface area contributed by atoms with Gasteiger partial charge >= 0.3 is 6.18 Å². The summed E-state index contributed by atoms with van der Waals surface area (Å²) in [6.45, 7) is 0.373. The van der Waals surface area contributed by atoms with Crippen LogP contribution in [0.3, 0.4) is 0 Å². The molecule has 1 aromatic rings. The first-order valence-electron chi connectivity index (χ1n) is 6.58. The highest BCUT2D eigenvalue weighted by Gasteiger charge is 2.36. The van der Waals surface area contributed by atoms with Gasteiger partial charge in [0, 0.05) is 22.1 Å². The minimum atomic E-state index is -4.38. The normalized spacial score (nSPS) is 18.2. The van der Waals surface area contributed by atoms with Gasteiger partial charge in [0.2, 0.25) is 0 Å². The molecule has 20 heavy (non-hydrogen) atoms. The lowest BCUT2D eigenvalue weighted by atomic mass is 9.87. The number of rotatable bonds is 4. The lowest BCUT2D eigenvalue weighted by Crippen LogP contribution is -2.31. The summed E-state index contributed by atoms with van der Waals surface area (Å²) in [6, 6.07) is 3.88. The minimum absolute atomic E-state index is 0.00928. The Balaban J connectivity index is 2.18. The van der Waals surface area contributed by atoms with E-state index in [4.69, 9.17) is 0 Å². The number of alkyl halides is 3. The van der Waals surface area contributed by atoms with E-state index in [1.54, 1.807) is 0 Å². The zero-order chi connectivity index (χ0) is 14.8. The van der Waals surface area contributed by atoms with Gasteiger partial charge in [0.05, 0.1) is 12.2 Å². The van der Waals surface area contributed by atoms with Crippen molar-refractivity contribution in [2.24, 2.45) is 5.41 Å². The number of aliphatic hydroxyl groups is 1. The van der Waals surface area contributed by atoms with Gasteiger partial charge < -0.3 is 10.4 Å². The van der Waals surface area contributed by atoms with Gasteiger partial charge in [-0.25, -0.2) is 0 Å². The van der Waals surface area contributed by atoms with Crippen molar-refractivity contribution in [3.63, 3.8) is 0 Å². The minimum Gasteiger partial charge on any atom is -0.396 e. The van der Waals surface area contributed by atoms with Gasteiger partial charge in [-0.1, -0.05) is 28.8 Å². The van der Waals surface area contributed by atoms with Crippen molar-refractivity contribution in [1.82, 2.24) is 0 Å². The lowest BCUT2D eigenvalue weighted by Gasteiger charge is -2.28. The van der Waals surface area contributed by atoms with Crippen molar-refractivity contribution in [3.8, 4) is 0 Å². The smallest absolute Gasteiger partial charge is 0.396 e. The molecule has 0 amide bonds. The van der Waals surface area contributed by atoms with Crippen LogP contribution in [0.25, 0.3) is 0 Å². The molecule has 6 heteroatoms. The molecule has 0 heterocycles. The van der Waals surface area contributed by atoms with Crippen LogP contribution < -0.4 is 5.32 Å². The highest BCUT2D eigenvalue weighted by atomic mass is 79.9. The quantitative estimate of drug-likeness (QED) is 0.840. The Morgan fingerprint density at radius 2 is 1.90 bits per heavy atom. The summed E-state index contributed by atoms with van der Waals surface area (Å²) in [5, 5.41) is 12.4. The van der Waals surface area contributed by atoms with E-state index in [9.17, 15) is 18.3 Å². The van der Waals surface area contributed by atoms with Crippen LogP contribution in [-0.4, -0.2) is 18.3 Å². The number of nitrogens with one attached hydrogen (secondary N) is 1. The molecule has 2 rings (SSSR count). The Kier molecular flexibility index (Phi) is 4.64. The first-order chi connectivity index (χ1) is 9.36. The van der Waals surface area contributed by atoms with Crippen molar-refractivity contribution in [2.75, 3.05) is 18.5 Å². The van der Waals surface area contributed by atoms with E-state index in [-0.39, 0.29) is 17.7 Å². The predicted molar refractivity (Wildman–Crippen MR) is 75.6 cm³/mol. The van der Waals surface area contributed by atoms with Gasteiger partial charge in [-0.3, -0.25) is 0 Å². The van der Waals surface area contributed by atoms with E-state index in [2.05, 4.69) is 21.2 Å². The van der Waals surface area contributed by atoms with Gasteiger partial charge in [-0.15, -0.1) is 0 Å². The molecule has 2 nitrogen and oxygen atoms in total. The molecule has 0 aliphatic heterocycles. The Morgan fingerprint density at radius 3 is 2.45 bits per heavy atom. The molecular formula is C14H17BrF3NO. The van der Waals surface area contributed by atoms with E-state index >= 15 is 0 Å². The summed E-state index contributed by atoms with van der Waals surface area (Å²) in [6.07, 6.45) is -0.636. The molecule has 112 valence electrons. The standard InChI is InChI=1S/C14H17BrF3NO/c15-10-3-4-11(14(16,17)18)12(7-10)19-8-13(9-20)5-1-2-6-13/h3-4,7,19-20H,1-2,5-6,8-9H2. The number of benzene rings is 1. The Bertz CT molecular complexity index is 470. The molecule has 1 saturated carbocycles. The van der Waals surface area contributed by atoms with Gasteiger partial charge in [-0.05, 0) is 31.0 Å². The molecule has 0 unspecified atom stereocenters. The van der Waals surface area contributed by atoms with Crippen LogP contribution in [-0.2, 0) is 6.18 Å². The predicted octanol–water partition coefficient (Wildman–Crippen LogP) is 4.43. The third-order valence-corrected chi connectivity index (χ3v) is 4.43. The van der Waals surface area contributed by atoms with Crippen LogP contribution in [0.1, 0.15) is 31.2 Å². The second-order valence-corrected chi connectivity index (χ2v) is 6.32. The molecule has 0 saturated heterocycles. The Hall–Kier alpha value is -0.750. The number of halogens is 4. The highest BCUT2D eigenvalue weighted by Crippen LogP contribution is 2.40. The van der Waals surface area contributed by atoms with Crippen LogP contribution in [0.5, 0.6) is 0 Å². The van der Waals surface area contributed by atoms with Crippen LogP contribution in [0, 0.1) is 5.41 Å². The van der Waals surface area contributed by atoms with Crippen molar-refractivity contribution < 1.29 is 18.3 Å². The third kappa shape index (κ3) is 3.47. The van der Waals surface area contributed by atoms with E-state index in [0.29, 0.717) is 11.0 Å². The molecule has 0 bridgehead atoms. The Labute approximate surface area is 124 Å². The molecule has 1 aliphatic carbocycles. The summed E-state index contributed by atoms with van der Waals surface area (Å²) in [5.74, 6) is 0. The lowest BCUT2D eigenvalue weighted by molar-refractivity contribution is -0.137. The number of hydrogen-bond donors (Lipinski definition) is 2. The van der Waals surface area contributed by atoms with Gasteiger partial charge in [-0.2, -0.15) is 13.2 Å². The molecule has 1 fully saturated rings. The van der Waals surface area contributed by atoms with Crippen LogP contribution >= 0.6 is 15.9 Å². The van der Waals surface area contributed by atoms with Crippen molar-refractivity contribution in [2.45, 2.75) is 31.9 Å². The molecule has 1 aliphatic rings. The van der Waals surface area contributed by atoms with E-state index in [0.717, 1.165) is 31.7 Å². The average Bonchev–Trinajstić information content (AvgIpc) is 2.84.